The number of nitrogens with zero attached hydrogens (tertiary/aromatic N) is 1. The predicted octanol–water partition coefficient (Wildman–Crippen LogP) is 4.40. The van der Waals surface area contributed by atoms with Gasteiger partial charge in [0.1, 0.15) is 6.61 Å². The SMILES string of the molecule is C.C.C.C.CCC(CCC(C)(C)C(=O)OCCN(C)C)P(=O)(O)O. The molecule has 0 saturated heterocycles. The number of esters is 1. The fourth-order valence-electron chi connectivity index (χ4n) is 1.76. The van der Waals surface area contributed by atoms with Gasteiger partial charge in [0, 0.05) is 6.54 Å². The Morgan fingerprint density at radius 2 is 1.62 bits per heavy atom. The molecule has 0 aliphatic heterocycles. The molecule has 0 saturated carbocycles. The molecule has 0 bridgehead atoms. The van der Waals surface area contributed by atoms with Gasteiger partial charge in [-0.25, -0.2) is 0 Å². The summed E-state index contributed by atoms with van der Waals surface area (Å²) < 4.78 is 16.5. The minimum atomic E-state index is -4.09. The van der Waals surface area contributed by atoms with Crippen LogP contribution in [0.3, 0.4) is 0 Å². The molecule has 2 N–H and O–H groups in total. The van der Waals surface area contributed by atoms with E-state index in [2.05, 4.69) is 0 Å². The van der Waals surface area contributed by atoms with Crippen LogP contribution < -0.4 is 0 Å². The van der Waals surface area contributed by atoms with Gasteiger partial charge in [0.05, 0.1) is 11.1 Å². The maximum atomic E-state index is 12.0. The fourth-order valence-corrected chi connectivity index (χ4v) is 2.70. The van der Waals surface area contributed by atoms with Crippen molar-refractivity contribution in [3.05, 3.63) is 0 Å². The maximum absolute atomic E-state index is 12.0. The number of hydrogen-bond donors (Lipinski definition) is 2. The van der Waals surface area contributed by atoms with Crippen LogP contribution >= 0.6 is 7.60 Å². The third kappa shape index (κ3) is 14.0. The van der Waals surface area contributed by atoms with E-state index in [9.17, 15) is 19.1 Å². The first kappa shape index (κ1) is 34.8. The van der Waals surface area contributed by atoms with Crippen molar-refractivity contribution in [3.8, 4) is 0 Å². The summed E-state index contributed by atoms with van der Waals surface area (Å²) in [5.74, 6) is -0.320. The maximum Gasteiger partial charge on any atom is 0.328 e. The Bertz CT molecular complexity index is 353. The van der Waals surface area contributed by atoms with Crippen molar-refractivity contribution < 1.29 is 23.9 Å². The Hall–Kier alpha value is -0.420. The average molecular weight is 374 g/mol. The molecule has 1 atom stereocenters. The molecule has 0 heterocycles. The Kier molecular flexibility index (Phi) is 21.6. The number of carbonyl (C=O) groups is 1. The Morgan fingerprint density at radius 3 is 1.96 bits per heavy atom. The van der Waals surface area contributed by atoms with E-state index < -0.39 is 18.7 Å². The van der Waals surface area contributed by atoms with Crippen LogP contribution in [0.5, 0.6) is 0 Å². The van der Waals surface area contributed by atoms with Crippen molar-refractivity contribution in [1.82, 2.24) is 4.90 Å². The molecule has 152 valence electrons. The molecule has 0 spiro atoms. The molecule has 0 aromatic heterocycles. The summed E-state index contributed by atoms with van der Waals surface area (Å²) in [6.45, 7) is 6.22. The second-order valence-corrected chi connectivity index (χ2v) is 7.92. The van der Waals surface area contributed by atoms with E-state index in [-0.39, 0.29) is 35.7 Å². The molecule has 0 aliphatic carbocycles. The molecular formula is C17H44NO5P. The lowest BCUT2D eigenvalue weighted by atomic mass is 9.87. The molecule has 6 nitrogen and oxygen atoms in total. The molecule has 24 heavy (non-hydrogen) atoms. The van der Waals surface area contributed by atoms with Gasteiger partial charge in [-0.2, -0.15) is 0 Å². The van der Waals surface area contributed by atoms with E-state index in [0.29, 0.717) is 32.4 Å². The summed E-state index contributed by atoms with van der Waals surface area (Å²) in [4.78, 5) is 32.3. The van der Waals surface area contributed by atoms with Gasteiger partial charge in [0.15, 0.2) is 0 Å². The molecule has 7 heteroatoms. The number of likely N-dealkylation sites (N-methyl/N-ethyl adjacent to an activating group) is 1. The van der Waals surface area contributed by atoms with Crippen molar-refractivity contribution in [3.63, 3.8) is 0 Å². The highest BCUT2D eigenvalue weighted by Gasteiger charge is 2.33. The summed E-state index contributed by atoms with van der Waals surface area (Å²) in [6.07, 6.45) is 1.12. The largest absolute Gasteiger partial charge is 0.464 e. The summed E-state index contributed by atoms with van der Waals surface area (Å²) in [5, 5.41) is 0. The van der Waals surface area contributed by atoms with Crippen molar-refractivity contribution in [2.24, 2.45) is 5.41 Å². The summed E-state index contributed by atoms with van der Waals surface area (Å²) in [5.41, 5.74) is -1.41. The topological polar surface area (TPSA) is 87.1 Å². The predicted molar refractivity (Wildman–Crippen MR) is 106 cm³/mol. The zero-order valence-corrected chi connectivity index (χ0v) is 14.0. The van der Waals surface area contributed by atoms with Crippen LogP contribution in [0.2, 0.25) is 0 Å². The van der Waals surface area contributed by atoms with Crippen LogP contribution in [0.15, 0.2) is 0 Å². The minimum absolute atomic E-state index is 0. The monoisotopic (exact) mass is 373 g/mol. The van der Waals surface area contributed by atoms with Crippen molar-refractivity contribution in [2.75, 3.05) is 27.2 Å². The molecule has 0 aliphatic rings. The number of hydrogen-bond acceptors (Lipinski definition) is 4. The quantitative estimate of drug-likeness (QED) is 0.460. The molecule has 0 fully saturated rings. The Morgan fingerprint density at radius 1 is 1.17 bits per heavy atom. The summed E-state index contributed by atoms with van der Waals surface area (Å²) in [6, 6.07) is 0. The van der Waals surface area contributed by atoms with E-state index >= 15 is 0 Å². The van der Waals surface area contributed by atoms with Gasteiger partial charge in [-0.3, -0.25) is 9.36 Å². The average Bonchev–Trinajstić information content (AvgIpc) is 2.27. The lowest BCUT2D eigenvalue weighted by Gasteiger charge is -2.25. The number of rotatable bonds is 9. The van der Waals surface area contributed by atoms with Gasteiger partial charge in [-0.05, 0) is 47.2 Å². The molecule has 0 radical (unpaired) electrons. The first-order valence-corrected chi connectivity index (χ1v) is 8.56. The van der Waals surface area contributed by atoms with Crippen molar-refractivity contribution in [1.29, 1.82) is 0 Å². The van der Waals surface area contributed by atoms with Crippen LogP contribution in [0.1, 0.15) is 69.7 Å². The highest BCUT2D eigenvalue weighted by atomic mass is 31.2. The highest BCUT2D eigenvalue weighted by Crippen LogP contribution is 2.46. The fraction of sp³-hybridized carbons (Fsp3) is 0.941. The lowest BCUT2D eigenvalue weighted by Crippen LogP contribution is -2.30. The lowest BCUT2D eigenvalue weighted by molar-refractivity contribution is -0.154. The Labute approximate surface area is 151 Å². The van der Waals surface area contributed by atoms with Crippen molar-refractivity contribution >= 4 is 13.6 Å². The molecule has 1 unspecified atom stereocenters. The van der Waals surface area contributed by atoms with E-state index in [1.807, 2.05) is 19.0 Å². The number of ether oxygens (including phenoxy) is 1. The van der Waals surface area contributed by atoms with Crippen LogP contribution in [-0.4, -0.2) is 53.6 Å². The normalized spacial score (nSPS) is 12.0. The van der Waals surface area contributed by atoms with Gasteiger partial charge in [-0.15, -0.1) is 0 Å². The third-order valence-corrected chi connectivity index (χ3v) is 4.95. The summed E-state index contributed by atoms with van der Waals surface area (Å²) in [7, 11) is -0.298. The van der Waals surface area contributed by atoms with Gasteiger partial charge >= 0.3 is 13.6 Å². The number of carbonyl (C=O) groups excluding carboxylic acids is 1. The van der Waals surface area contributed by atoms with Gasteiger partial charge < -0.3 is 19.4 Å². The smallest absolute Gasteiger partial charge is 0.328 e. The molecule has 0 rings (SSSR count). The minimum Gasteiger partial charge on any atom is -0.464 e. The first-order chi connectivity index (χ1) is 9.00. The van der Waals surface area contributed by atoms with Crippen LogP contribution in [0.25, 0.3) is 0 Å². The van der Waals surface area contributed by atoms with E-state index in [1.54, 1.807) is 20.8 Å². The molecule has 0 aromatic rings. The van der Waals surface area contributed by atoms with Crippen LogP contribution in [0, 0.1) is 5.41 Å². The zero-order valence-electron chi connectivity index (χ0n) is 13.1. The van der Waals surface area contributed by atoms with E-state index in [1.165, 1.54) is 0 Å². The Balaban J connectivity index is -0.000000301. The molecular weight excluding hydrogens is 329 g/mol. The van der Waals surface area contributed by atoms with Gasteiger partial charge in [0.2, 0.25) is 0 Å². The van der Waals surface area contributed by atoms with Gasteiger partial charge in [-0.1, -0.05) is 36.6 Å². The second-order valence-electron chi connectivity index (χ2n) is 6.01. The third-order valence-electron chi connectivity index (χ3n) is 3.37. The second kappa shape index (κ2) is 14.9. The van der Waals surface area contributed by atoms with Gasteiger partial charge in [0.25, 0.3) is 0 Å². The first-order valence-electron chi connectivity index (χ1n) is 6.88. The van der Waals surface area contributed by atoms with Crippen LogP contribution in [0.4, 0.5) is 0 Å². The summed E-state index contributed by atoms with van der Waals surface area (Å²) >= 11 is 0. The van der Waals surface area contributed by atoms with E-state index in [4.69, 9.17) is 4.74 Å². The van der Waals surface area contributed by atoms with Crippen LogP contribution in [-0.2, 0) is 14.1 Å². The molecule has 0 amide bonds. The van der Waals surface area contributed by atoms with E-state index in [0.717, 1.165) is 0 Å². The van der Waals surface area contributed by atoms with Crippen molar-refractivity contribution in [2.45, 2.75) is 75.4 Å². The highest BCUT2D eigenvalue weighted by molar-refractivity contribution is 7.52. The zero-order chi connectivity index (χ0) is 16.0. The standard InChI is InChI=1S/C13H28NO5P.4CH4/c1-6-11(20(16,17)18)7-8-13(2,3)12(15)19-10-9-14(4)5;;;;/h11H,6-10H2,1-5H3,(H2,16,17,18);4*1H4. The molecule has 0 aromatic carbocycles.